The molecule has 2 aromatic rings. The fourth-order valence-electron chi connectivity index (χ4n) is 1.02. The van der Waals surface area contributed by atoms with Crippen molar-refractivity contribution >= 4 is 21.4 Å². The smallest absolute Gasteiger partial charge is 0.252 e. The van der Waals surface area contributed by atoms with Crippen molar-refractivity contribution in [1.29, 1.82) is 0 Å². The first-order valence-corrected chi connectivity index (χ1v) is 6.64. The van der Waals surface area contributed by atoms with Crippen LogP contribution in [-0.2, 0) is 16.6 Å². The zero-order valence-corrected chi connectivity index (χ0v) is 9.97. The molecule has 2 rings (SSSR count). The molecule has 0 aliphatic heterocycles. The number of aromatic amines is 1. The lowest BCUT2D eigenvalue weighted by molar-refractivity contribution is 0.581. The number of sulfonamides is 1. The Morgan fingerprint density at radius 1 is 1.50 bits per heavy atom. The molecule has 2 aromatic heterocycles. The van der Waals surface area contributed by atoms with Gasteiger partial charge in [0.05, 0.1) is 17.7 Å². The summed E-state index contributed by atoms with van der Waals surface area (Å²) in [6, 6.07) is 0. The van der Waals surface area contributed by atoms with Crippen LogP contribution in [0.4, 0.5) is 0 Å². The quantitative estimate of drug-likeness (QED) is 0.808. The van der Waals surface area contributed by atoms with Crippen molar-refractivity contribution in [1.82, 2.24) is 24.9 Å². The standard InChI is InChI=1S/C7H9N5O2S2/c1-5-8-3-7(15-5)16(13,14)11-2-6-9-4-10-12-6/h3-4,11H,2H2,1H3,(H,9,10,12). The number of H-pyrrole nitrogens is 1. The lowest BCUT2D eigenvalue weighted by Crippen LogP contribution is -2.23. The number of aryl methyl sites for hydroxylation is 1. The molecular formula is C7H9N5O2S2. The summed E-state index contributed by atoms with van der Waals surface area (Å²) in [5.74, 6) is 0.463. The summed E-state index contributed by atoms with van der Waals surface area (Å²) >= 11 is 1.12. The molecule has 0 spiro atoms. The van der Waals surface area contributed by atoms with Crippen molar-refractivity contribution in [2.45, 2.75) is 17.7 Å². The van der Waals surface area contributed by atoms with Crippen LogP contribution in [0.1, 0.15) is 10.8 Å². The van der Waals surface area contributed by atoms with E-state index in [0.717, 1.165) is 11.3 Å². The highest BCUT2D eigenvalue weighted by atomic mass is 32.2. The number of rotatable bonds is 4. The molecule has 0 aliphatic carbocycles. The number of hydrogen-bond acceptors (Lipinski definition) is 6. The first-order chi connectivity index (χ1) is 7.58. The van der Waals surface area contributed by atoms with Crippen molar-refractivity contribution in [3.63, 3.8) is 0 Å². The van der Waals surface area contributed by atoms with Crippen LogP contribution in [0.25, 0.3) is 0 Å². The predicted octanol–water partition coefficient (Wildman–Crippen LogP) is 0.0481. The van der Waals surface area contributed by atoms with Crippen LogP contribution in [0.5, 0.6) is 0 Å². The van der Waals surface area contributed by atoms with Gasteiger partial charge in [0.1, 0.15) is 12.2 Å². The molecule has 2 N–H and O–H groups in total. The molecule has 0 amide bonds. The van der Waals surface area contributed by atoms with Gasteiger partial charge >= 0.3 is 0 Å². The highest BCUT2D eigenvalue weighted by molar-refractivity contribution is 7.91. The summed E-state index contributed by atoms with van der Waals surface area (Å²) in [5, 5.41) is 6.89. The maximum Gasteiger partial charge on any atom is 0.252 e. The van der Waals surface area contributed by atoms with Crippen LogP contribution in [0.3, 0.4) is 0 Å². The van der Waals surface area contributed by atoms with Gasteiger partial charge in [0.25, 0.3) is 10.0 Å². The summed E-state index contributed by atoms with van der Waals surface area (Å²) in [4.78, 5) is 7.70. The van der Waals surface area contributed by atoms with E-state index >= 15 is 0 Å². The molecule has 9 heteroatoms. The molecule has 0 saturated carbocycles. The third kappa shape index (κ3) is 2.43. The first kappa shape index (κ1) is 11.2. The molecule has 0 saturated heterocycles. The fraction of sp³-hybridized carbons (Fsp3) is 0.286. The summed E-state index contributed by atoms with van der Waals surface area (Å²) in [5.41, 5.74) is 0. The second kappa shape index (κ2) is 4.28. The van der Waals surface area contributed by atoms with E-state index in [1.807, 2.05) is 0 Å². The van der Waals surface area contributed by atoms with Crippen LogP contribution in [0.2, 0.25) is 0 Å². The molecule has 0 atom stereocenters. The minimum absolute atomic E-state index is 0.0826. The summed E-state index contributed by atoms with van der Waals surface area (Å²) in [6.07, 6.45) is 2.66. The van der Waals surface area contributed by atoms with E-state index in [2.05, 4.69) is 24.9 Å². The molecule has 2 heterocycles. The van der Waals surface area contributed by atoms with Gasteiger partial charge in [-0.15, -0.1) is 11.3 Å². The highest BCUT2D eigenvalue weighted by Gasteiger charge is 2.16. The van der Waals surface area contributed by atoms with Crippen molar-refractivity contribution in [3.8, 4) is 0 Å². The molecule has 86 valence electrons. The lowest BCUT2D eigenvalue weighted by Gasteiger charge is -2.00. The van der Waals surface area contributed by atoms with E-state index in [4.69, 9.17) is 0 Å². The van der Waals surface area contributed by atoms with Crippen molar-refractivity contribution < 1.29 is 8.42 Å². The van der Waals surface area contributed by atoms with E-state index in [9.17, 15) is 8.42 Å². The van der Waals surface area contributed by atoms with E-state index < -0.39 is 10.0 Å². The Labute approximate surface area is 96.0 Å². The van der Waals surface area contributed by atoms with Gasteiger partial charge < -0.3 is 0 Å². The Morgan fingerprint density at radius 2 is 2.31 bits per heavy atom. The van der Waals surface area contributed by atoms with Gasteiger partial charge in [-0.3, -0.25) is 5.10 Å². The van der Waals surface area contributed by atoms with Gasteiger partial charge in [-0.25, -0.2) is 23.1 Å². The Bertz CT molecular complexity index is 559. The molecule has 0 bridgehead atoms. The molecule has 16 heavy (non-hydrogen) atoms. The van der Waals surface area contributed by atoms with Gasteiger partial charge in [0.15, 0.2) is 4.21 Å². The Balaban J connectivity index is 2.09. The number of thiazole rings is 1. The minimum Gasteiger partial charge on any atom is -0.262 e. The fourth-order valence-corrected chi connectivity index (χ4v) is 3.16. The van der Waals surface area contributed by atoms with Gasteiger partial charge in [0.2, 0.25) is 0 Å². The molecule has 0 aromatic carbocycles. The Morgan fingerprint density at radius 3 is 2.88 bits per heavy atom. The summed E-state index contributed by atoms with van der Waals surface area (Å²) in [6.45, 7) is 1.83. The number of aromatic nitrogens is 4. The Kier molecular flexibility index (Phi) is 2.99. The van der Waals surface area contributed by atoms with Gasteiger partial charge in [-0.1, -0.05) is 0 Å². The minimum atomic E-state index is -3.50. The van der Waals surface area contributed by atoms with E-state index in [1.54, 1.807) is 6.92 Å². The third-order valence-corrected chi connectivity index (χ3v) is 4.53. The highest BCUT2D eigenvalue weighted by Crippen LogP contribution is 2.17. The molecular weight excluding hydrogens is 250 g/mol. The van der Waals surface area contributed by atoms with Crippen molar-refractivity contribution in [3.05, 3.63) is 23.4 Å². The number of nitrogens with zero attached hydrogens (tertiary/aromatic N) is 3. The Hall–Kier alpha value is -1.32. The number of hydrogen-bond donors (Lipinski definition) is 2. The molecule has 0 aliphatic rings. The predicted molar refractivity (Wildman–Crippen MR) is 57.3 cm³/mol. The van der Waals surface area contributed by atoms with E-state index in [1.165, 1.54) is 12.5 Å². The summed E-state index contributed by atoms with van der Waals surface area (Å²) < 4.78 is 26.1. The van der Waals surface area contributed by atoms with Crippen LogP contribution in [0.15, 0.2) is 16.7 Å². The first-order valence-electron chi connectivity index (χ1n) is 4.34. The van der Waals surface area contributed by atoms with Crippen LogP contribution in [0, 0.1) is 6.92 Å². The van der Waals surface area contributed by atoms with Crippen molar-refractivity contribution in [2.75, 3.05) is 0 Å². The average molecular weight is 259 g/mol. The topological polar surface area (TPSA) is 101 Å². The zero-order chi connectivity index (χ0) is 11.6. The monoisotopic (exact) mass is 259 g/mol. The van der Waals surface area contributed by atoms with Crippen molar-refractivity contribution in [2.24, 2.45) is 0 Å². The number of nitrogens with one attached hydrogen (secondary N) is 2. The third-order valence-electron chi connectivity index (χ3n) is 1.76. The van der Waals surface area contributed by atoms with Crippen LogP contribution >= 0.6 is 11.3 Å². The molecule has 0 fully saturated rings. The largest absolute Gasteiger partial charge is 0.262 e. The molecule has 0 radical (unpaired) electrons. The SMILES string of the molecule is Cc1ncc(S(=O)(=O)NCc2ncn[nH]2)s1. The van der Waals surface area contributed by atoms with Gasteiger partial charge in [-0.2, -0.15) is 5.10 Å². The zero-order valence-electron chi connectivity index (χ0n) is 8.34. The van der Waals surface area contributed by atoms with Gasteiger partial charge in [-0.05, 0) is 6.92 Å². The van der Waals surface area contributed by atoms with Crippen LogP contribution < -0.4 is 4.72 Å². The van der Waals surface area contributed by atoms with E-state index in [-0.39, 0.29) is 10.8 Å². The van der Waals surface area contributed by atoms with Gasteiger partial charge in [0, 0.05) is 0 Å². The normalized spacial score (nSPS) is 11.8. The summed E-state index contributed by atoms with van der Waals surface area (Å²) in [7, 11) is -3.50. The molecule has 0 unspecified atom stereocenters. The average Bonchev–Trinajstić information content (AvgIpc) is 2.85. The maximum absolute atomic E-state index is 11.7. The van der Waals surface area contributed by atoms with E-state index in [0.29, 0.717) is 10.8 Å². The molecule has 7 nitrogen and oxygen atoms in total. The van der Waals surface area contributed by atoms with Crippen LogP contribution in [-0.4, -0.2) is 28.6 Å². The second-order valence-electron chi connectivity index (χ2n) is 2.96. The second-order valence-corrected chi connectivity index (χ2v) is 6.18. The maximum atomic E-state index is 11.7. The lowest BCUT2D eigenvalue weighted by atomic mass is 10.6.